The lowest BCUT2D eigenvalue weighted by molar-refractivity contribution is 0.508. The van der Waals surface area contributed by atoms with Crippen LogP contribution in [0.25, 0.3) is 21.7 Å². The first-order valence-electron chi connectivity index (χ1n) is 8.28. The average Bonchev–Trinajstić information content (AvgIpc) is 3.21. The number of fused-ring (bicyclic) bond motifs is 5. The van der Waals surface area contributed by atoms with E-state index in [-0.39, 0.29) is 5.56 Å². The summed E-state index contributed by atoms with van der Waals surface area (Å²) < 4.78 is 3.57. The zero-order chi connectivity index (χ0) is 17.1. The van der Waals surface area contributed by atoms with Crippen LogP contribution in [0.2, 0.25) is 5.02 Å². The zero-order valence-corrected chi connectivity index (χ0v) is 15.1. The topological polar surface area (TPSA) is 52.2 Å². The summed E-state index contributed by atoms with van der Waals surface area (Å²) in [6, 6.07) is 7.24. The smallest absolute Gasteiger partial charge is 0.268 e. The fourth-order valence-corrected chi connectivity index (χ4v) is 5.11. The molecule has 7 heteroatoms. The molecule has 5 nitrogen and oxygen atoms in total. The van der Waals surface area contributed by atoms with Crippen molar-refractivity contribution in [3.05, 3.63) is 56.4 Å². The molecule has 5 rings (SSSR count). The molecule has 0 unspecified atom stereocenters. The van der Waals surface area contributed by atoms with E-state index in [1.807, 2.05) is 16.5 Å². The predicted molar refractivity (Wildman–Crippen MR) is 100 cm³/mol. The number of hydrogen-bond donors (Lipinski definition) is 0. The number of nitrogens with zero attached hydrogens (tertiary/aromatic N) is 4. The molecular formula is C18H15ClN4OS. The molecule has 0 spiro atoms. The van der Waals surface area contributed by atoms with Gasteiger partial charge >= 0.3 is 0 Å². The molecule has 0 saturated carbocycles. The lowest BCUT2D eigenvalue weighted by Crippen LogP contribution is -2.22. The Kier molecular flexibility index (Phi) is 3.27. The van der Waals surface area contributed by atoms with Gasteiger partial charge in [-0.15, -0.1) is 21.5 Å². The Morgan fingerprint density at radius 1 is 1.28 bits per heavy atom. The number of rotatable bonds is 1. The molecule has 4 aromatic rings. The zero-order valence-electron chi connectivity index (χ0n) is 13.6. The number of hydrogen-bond acceptors (Lipinski definition) is 4. The van der Waals surface area contributed by atoms with E-state index in [0.717, 1.165) is 28.7 Å². The van der Waals surface area contributed by atoms with E-state index in [1.54, 1.807) is 34.4 Å². The molecule has 1 aliphatic carbocycles. The van der Waals surface area contributed by atoms with Crippen molar-refractivity contribution in [2.24, 2.45) is 5.92 Å². The SMILES string of the molecule is C[C@@H]1CCc2sc3c(c2C1)c(=O)n(-c1ccc(Cl)cc1)c1nncn31. The molecule has 0 aliphatic heterocycles. The second-order valence-electron chi connectivity index (χ2n) is 6.65. The summed E-state index contributed by atoms with van der Waals surface area (Å²) >= 11 is 7.71. The van der Waals surface area contributed by atoms with Gasteiger partial charge < -0.3 is 0 Å². The molecule has 0 radical (unpaired) electrons. The summed E-state index contributed by atoms with van der Waals surface area (Å²) in [5.74, 6) is 1.14. The quantitative estimate of drug-likeness (QED) is 0.511. The molecule has 1 atom stereocenters. The molecular weight excluding hydrogens is 356 g/mol. The van der Waals surface area contributed by atoms with Crippen molar-refractivity contribution in [3.63, 3.8) is 0 Å². The van der Waals surface area contributed by atoms with Crippen LogP contribution in [0, 0.1) is 5.92 Å². The molecule has 0 saturated heterocycles. The van der Waals surface area contributed by atoms with Crippen LogP contribution in [0.3, 0.4) is 0 Å². The average molecular weight is 371 g/mol. The van der Waals surface area contributed by atoms with Crippen molar-refractivity contribution in [3.8, 4) is 5.69 Å². The van der Waals surface area contributed by atoms with Crippen molar-refractivity contribution in [2.45, 2.75) is 26.2 Å². The first-order chi connectivity index (χ1) is 12.1. The van der Waals surface area contributed by atoms with Crippen molar-refractivity contribution < 1.29 is 0 Å². The fourth-order valence-electron chi connectivity index (χ4n) is 3.68. The summed E-state index contributed by atoms with van der Waals surface area (Å²) in [6.45, 7) is 2.25. The molecule has 1 aliphatic rings. The number of aryl methyl sites for hydroxylation is 1. The fraction of sp³-hybridized carbons (Fsp3) is 0.278. The third-order valence-corrected chi connectivity index (χ3v) is 6.48. The van der Waals surface area contributed by atoms with Crippen LogP contribution in [0.1, 0.15) is 23.8 Å². The van der Waals surface area contributed by atoms with Crippen LogP contribution in [0.5, 0.6) is 0 Å². The summed E-state index contributed by atoms with van der Waals surface area (Å²) in [4.78, 5) is 15.7. The molecule has 1 aromatic carbocycles. The van der Waals surface area contributed by atoms with E-state index in [0.29, 0.717) is 16.7 Å². The van der Waals surface area contributed by atoms with Gasteiger partial charge in [0.15, 0.2) is 0 Å². The van der Waals surface area contributed by atoms with E-state index in [4.69, 9.17) is 11.6 Å². The van der Waals surface area contributed by atoms with Crippen LogP contribution in [0.15, 0.2) is 35.4 Å². The molecule has 0 fully saturated rings. The Labute approximate surface area is 152 Å². The second-order valence-corrected chi connectivity index (χ2v) is 8.17. The Bertz CT molecular complexity index is 1170. The van der Waals surface area contributed by atoms with Gasteiger partial charge in [0.1, 0.15) is 11.2 Å². The minimum Gasteiger partial charge on any atom is -0.268 e. The van der Waals surface area contributed by atoms with Gasteiger partial charge in [-0.25, -0.2) is 4.57 Å². The summed E-state index contributed by atoms with van der Waals surface area (Å²) in [6.07, 6.45) is 4.87. The largest absolute Gasteiger partial charge is 0.268 e. The Balaban J connectivity index is 1.92. The Morgan fingerprint density at radius 3 is 2.88 bits per heavy atom. The van der Waals surface area contributed by atoms with Gasteiger partial charge in [-0.2, -0.15) is 0 Å². The van der Waals surface area contributed by atoms with Crippen molar-refractivity contribution in [1.82, 2.24) is 19.2 Å². The third-order valence-electron chi connectivity index (χ3n) is 4.94. The van der Waals surface area contributed by atoms with Crippen molar-refractivity contribution >= 4 is 38.9 Å². The molecule has 3 aromatic heterocycles. The lowest BCUT2D eigenvalue weighted by Gasteiger charge is -2.17. The molecule has 0 amide bonds. The maximum absolute atomic E-state index is 13.4. The van der Waals surface area contributed by atoms with E-state index in [2.05, 4.69) is 17.1 Å². The van der Waals surface area contributed by atoms with E-state index < -0.39 is 0 Å². The van der Waals surface area contributed by atoms with Gasteiger partial charge in [0.25, 0.3) is 5.56 Å². The second kappa shape index (κ2) is 5.41. The highest BCUT2D eigenvalue weighted by atomic mass is 35.5. The number of thiophene rings is 1. The van der Waals surface area contributed by atoms with Gasteiger partial charge in [-0.05, 0) is 55.0 Å². The molecule has 0 N–H and O–H groups in total. The minimum absolute atomic E-state index is 0.0237. The number of benzene rings is 1. The first-order valence-corrected chi connectivity index (χ1v) is 9.48. The maximum Gasteiger partial charge on any atom is 0.268 e. The molecule has 25 heavy (non-hydrogen) atoms. The van der Waals surface area contributed by atoms with Gasteiger partial charge in [-0.3, -0.25) is 9.20 Å². The number of aromatic nitrogens is 4. The highest BCUT2D eigenvalue weighted by molar-refractivity contribution is 7.18. The van der Waals surface area contributed by atoms with Gasteiger partial charge in [0.2, 0.25) is 5.78 Å². The maximum atomic E-state index is 13.4. The lowest BCUT2D eigenvalue weighted by atomic mass is 9.89. The standard InChI is InChI=1S/C18H15ClN4OS/c1-10-2-7-14-13(8-10)15-16(24)23(12-5-3-11(19)4-6-12)18-21-20-9-22(18)17(15)25-14/h3-6,9-10H,2,7-8H2,1H3/t10-/m1/s1. The van der Waals surface area contributed by atoms with Crippen LogP contribution >= 0.6 is 22.9 Å². The van der Waals surface area contributed by atoms with Crippen LogP contribution in [-0.4, -0.2) is 19.2 Å². The van der Waals surface area contributed by atoms with Crippen molar-refractivity contribution in [1.29, 1.82) is 0 Å². The van der Waals surface area contributed by atoms with Gasteiger partial charge in [-0.1, -0.05) is 18.5 Å². The van der Waals surface area contributed by atoms with Crippen molar-refractivity contribution in [2.75, 3.05) is 0 Å². The number of halogens is 1. The third kappa shape index (κ3) is 2.17. The Hall–Kier alpha value is -2.18. The predicted octanol–water partition coefficient (Wildman–Crippen LogP) is 3.87. The molecule has 0 bridgehead atoms. The minimum atomic E-state index is -0.0237. The van der Waals surface area contributed by atoms with Crippen LogP contribution < -0.4 is 5.56 Å². The van der Waals surface area contributed by atoms with E-state index in [1.165, 1.54) is 16.9 Å². The molecule has 3 heterocycles. The summed E-state index contributed by atoms with van der Waals surface area (Å²) in [5.41, 5.74) is 1.93. The summed E-state index contributed by atoms with van der Waals surface area (Å²) in [7, 11) is 0. The monoisotopic (exact) mass is 370 g/mol. The Morgan fingerprint density at radius 2 is 2.08 bits per heavy atom. The highest BCUT2D eigenvalue weighted by Crippen LogP contribution is 2.37. The summed E-state index contributed by atoms with van der Waals surface area (Å²) in [5, 5.41) is 9.70. The van der Waals surface area contributed by atoms with Gasteiger partial charge in [0, 0.05) is 9.90 Å². The normalized spacial score (nSPS) is 17.3. The van der Waals surface area contributed by atoms with E-state index >= 15 is 0 Å². The van der Waals surface area contributed by atoms with E-state index in [9.17, 15) is 4.79 Å². The van der Waals surface area contributed by atoms with Gasteiger partial charge in [0.05, 0.1) is 11.1 Å². The van der Waals surface area contributed by atoms with Crippen LogP contribution in [0.4, 0.5) is 0 Å². The highest BCUT2D eigenvalue weighted by Gasteiger charge is 2.25. The molecule has 126 valence electrons. The first kappa shape index (κ1) is 15.1. The van der Waals surface area contributed by atoms with Crippen LogP contribution in [-0.2, 0) is 12.8 Å².